The second-order valence-corrected chi connectivity index (χ2v) is 7.09. The highest BCUT2D eigenvalue weighted by Crippen LogP contribution is 2.25. The van der Waals surface area contributed by atoms with Crippen LogP contribution >= 0.6 is 0 Å². The van der Waals surface area contributed by atoms with Crippen LogP contribution in [0.1, 0.15) is 26.3 Å². The van der Waals surface area contributed by atoms with E-state index < -0.39 is 0 Å². The Balaban J connectivity index is 1.78. The zero-order valence-electron chi connectivity index (χ0n) is 15.2. The standard InChI is InChI=1S/C21H24N4/c1-21(2,3)16-10-12-17(13-11-16)23-20-22-15-14-19(24-20)25(4)18-8-6-5-7-9-18/h5-15H,1-4H3,(H,22,23,24). The van der Waals surface area contributed by atoms with Gasteiger partial charge in [0, 0.05) is 24.6 Å². The first-order valence-electron chi connectivity index (χ1n) is 8.43. The van der Waals surface area contributed by atoms with E-state index in [1.807, 2.05) is 36.2 Å². The summed E-state index contributed by atoms with van der Waals surface area (Å²) in [5, 5.41) is 3.28. The lowest BCUT2D eigenvalue weighted by Gasteiger charge is -2.20. The van der Waals surface area contributed by atoms with Gasteiger partial charge in [-0.3, -0.25) is 0 Å². The summed E-state index contributed by atoms with van der Waals surface area (Å²) >= 11 is 0. The van der Waals surface area contributed by atoms with E-state index in [2.05, 4.69) is 72.5 Å². The highest BCUT2D eigenvalue weighted by molar-refractivity contribution is 5.61. The molecule has 1 N–H and O–H groups in total. The first-order valence-corrected chi connectivity index (χ1v) is 8.43. The Bertz CT molecular complexity index is 821. The molecule has 0 unspecified atom stereocenters. The number of hydrogen-bond donors (Lipinski definition) is 1. The van der Waals surface area contributed by atoms with Crippen molar-refractivity contribution in [1.29, 1.82) is 0 Å². The molecule has 0 aliphatic rings. The molecule has 1 aromatic heterocycles. The van der Waals surface area contributed by atoms with Crippen molar-refractivity contribution in [3.05, 3.63) is 72.4 Å². The Labute approximate surface area is 149 Å². The molecule has 4 heteroatoms. The molecule has 0 spiro atoms. The first-order chi connectivity index (χ1) is 11.9. The molecule has 0 amide bonds. The summed E-state index contributed by atoms with van der Waals surface area (Å²) in [5.41, 5.74) is 3.51. The molecule has 0 saturated heterocycles. The van der Waals surface area contributed by atoms with Crippen molar-refractivity contribution in [2.45, 2.75) is 26.2 Å². The summed E-state index contributed by atoms with van der Waals surface area (Å²) in [4.78, 5) is 11.0. The number of aromatic nitrogens is 2. The molecular weight excluding hydrogens is 308 g/mol. The van der Waals surface area contributed by atoms with Gasteiger partial charge in [-0.15, -0.1) is 0 Å². The van der Waals surface area contributed by atoms with E-state index in [0.29, 0.717) is 5.95 Å². The van der Waals surface area contributed by atoms with Gasteiger partial charge >= 0.3 is 0 Å². The number of benzene rings is 2. The van der Waals surface area contributed by atoms with E-state index in [4.69, 9.17) is 0 Å². The Hall–Kier alpha value is -2.88. The molecule has 0 fully saturated rings. The highest BCUT2D eigenvalue weighted by Gasteiger charge is 2.13. The van der Waals surface area contributed by atoms with Gasteiger partial charge in [0.05, 0.1) is 0 Å². The molecule has 0 atom stereocenters. The maximum Gasteiger partial charge on any atom is 0.229 e. The van der Waals surface area contributed by atoms with E-state index in [1.54, 1.807) is 6.20 Å². The van der Waals surface area contributed by atoms with Crippen LogP contribution in [0.4, 0.5) is 23.1 Å². The van der Waals surface area contributed by atoms with Crippen molar-refractivity contribution in [1.82, 2.24) is 9.97 Å². The van der Waals surface area contributed by atoms with E-state index in [1.165, 1.54) is 5.56 Å². The molecule has 0 aliphatic carbocycles. The molecule has 25 heavy (non-hydrogen) atoms. The lowest BCUT2D eigenvalue weighted by atomic mass is 9.87. The number of para-hydroxylation sites is 1. The zero-order chi connectivity index (χ0) is 17.9. The van der Waals surface area contributed by atoms with Gasteiger partial charge in [0.25, 0.3) is 0 Å². The Morgan fingerprint density at radius 2 is 1.56 bits per heavy atom. The number of nitrogens with one attached hydrogen (secondary N) is 1. The minimum atomic E-state index is 0.146. The smallest absolute Gasteiger partial charge is 0.229 e. The normalized spacial score (nSPS) is 11.2. The van der Waals surface area contributed by atoms with Crippen LogP contribution in [0.2, 0.25) is 0 Å². The number of anilines is 4. The van der Waals surface area contributed by atoms with Crippen molar-refractivity contribution in [2.75, 3.05) is 17.3 Å². The van der Waals surface area contributed by atoms with Crippen LogP contribution in [0.15, 0.2) is 66.9 Å². The minimum Gasteiger partial charge on any atom is -0.329 e. The van der Waals surface area contributed by atoms with Crippen LogP contribution < -0.4 is 10.2 Å². The Morgan fingerprint density at radius 3 is 2.20 bits per heavy atom. The summed E-state index contributed by atoms with van der Waals surface area (Å²) in [6.07, 6.45) is 1.77. The summed E-state index contributed by atoms with van der Waals surface area (Å²) in [6.45, 7) is 6.63. The maximum absolute atomic E-state index is 4.62. The van der Waals surface area contributed by atoms with Gasteiger partial charge in [-0.2, -0.15) is 4.98 Å². The minimum absolute atomic E-state index is 0.146. The molecular formula is C21H24N4. The fourth-order valence-corrected chi connectivity index (χ4v) is 2.56. The molecule has 0 bridgehead atoms. The molecule has 0 radical (unpaired) electrons. The van der Waals surface area contributed by atoms with Crippen LogP contribution in [0.3, 0.4) is 0 Å². The van der Waals surface area contributed by atoms with Crippen molar-refractivity contribution in [2.24, 2.45) is 0 Å². The fourth-order valence-electron chi connectivity index (χ4n) is 2.56. The van der Waals surface area contributed by atoms with E-state index in [-0.39, 0.29) is 5.41 Å². The van der Waals surface area contributed by atoms with Crippen LogP contribution in [0.25, 0.3) is 0 Å². The zero-order valence-corrected chi connectivity index (χ0v) is 15.2. The lowest BCUT2D eigenvalue weighted by Crippen LogP contribution is -2.12. The van der Waals surface area contributed by atoms with Crippen LogP contribution in [0, 0.1) is 0 Å². The van der Waals surface area contributed by atoms with Crippen molar-refractivity contribution in [3.63, 3.8) is 0 Å². The van der Waals surface area contributed by atoms with Crippen molar-refractivity contribution in [3.8, 4) is 0 Å². The lowest BCUT2D eigenvalue weighted by molar-refractivity contribution is 0.590. The quantitative estimate of drug-likeness (QED) is 0.705. The molecule has 4 nitrogen and oxygen atoms in total. The predicted molar refractivity (Wildman–Crippen MR) is 105 cm³/mol. The summed E-state index contributed by atoms with van der Waals surface area (Å²) in [5.74, 6) is 1.43. The summed E-state index contributed by atoms with van der Waals surface area (Å²) in [7, 11) is 2.00. The molecule has 128 valence electrons. The number of rotatable bonds is 4. The largest absolute Gasteiger partial charge is 0.329 e. The van der Waals surface area contributed by atoms with E-state index in [0.717, 1.165) is 17.2 Å². The van der Waals surface area contributed by atoms with Gasteiger partial charge in [-0.1, -0.05) is 51.1 Å². The maximum atomic E-state index is 4.62. The monoisotopic (exact) mass is 332 g/mol. The third-order valence-corrected chi connectivity index (χ3v) is 4.14. The molecule has 0 saturated carbocycles. The first kappa shape index (κ1) is 17.0. The van der Waals surface area contributed by atoms with Gasteiger partial charge in [-0.05, 0) is 41.3 Å². The average Bonchev–Trinajstić information content (AvgIpc) is 2.62. The van der Waals surface area contributed by atoms with Crippen LogP contribution in [-0.4, -0.2) is 17.0 Å². The molecule has 3 rings (SSSR count). The predicted octanol–water partition coefficient (Wildman–Crippen LogP) is 5.29. The van der Waals surface area contributed by atoms with Crippen LogP contribution in [-0.2, 0) is 5.41 Å². The molecule has 1 heterocycles. The number of nitrogens with zero attached hydrogens (tertiary/aromatic N) is 3. The van der Waals surface area contributed by atoms with E-state index >= 15 is 0 Å². The van der Waals surface area contributed by atoms with Gasteiger partial charge in [0.1, 0.15) is 5.82 Å². The molecule has 2 aromatic carbocycles. The van der Waals surface area contributed by atoms with Gasteiger partial charge < -0.3 is 10.2 Å². The average molecular weight is 332 g/mol. The SMILES string of the molecule is CN(c1ccccc1)c1ccnc(Nc2ccc(C(C)(C)C)cc2)n1. The third kappa shape index (κ3) is 4.15. The van der Waals surface area contributed by atoms with Crippen molar-refractivity contribution >= 4 is 23.1 Å². The third-order valence-electron chi connectivity index (χ3n) is 4.14. The van der Waals surface area contributed by atoms with Gasteiger partial charge in [0.15, 0.2) is 0 Å². The summed E-state index contributed by atoms with van der Waals surface area (Å²) < 4.78 is 0. The Kier molecular flexibility index (Phi) is 4.70. The molecule has 3 aromatic rings. The Morgan fingerprint density at radius 1 is 0.880 bits per heavy atom. The summed E-state index contributed by atoms with van der Waals surface area (Å²) in [6, 6.07) is 20.5. The van der Waals surface area contributed by atoms with E-state index in [9.17, 15) is 0 Å². The topological polar surface area (TPSA) is 41.1 Å². The van der Waals surface area contributed by atoms with Crippen LogP contribution in [0.5, 0.6) is 0 Å². The van der Waals surface area contributed by atoms with Gasteiger partial charge in [0.2, 0.25) is 5.95 Å². The second-order valence-electron chi connectivity index (χ2n) is 7.09. The molecule has 0 aliphatic heterocycles. The van der Waals surface area contributed by atoms with Crippen molar-refractivity contribution < 1.29 is 0 Å². The number of hydrogen-bond acceptors (Lipinski definition) is 4. The fraction of sp³-hybridized carbons (Fsp3) is 0.238. The van der Waals surface area contributed by atoms with Gasteiger partial charge in [-0.25, -0.2) is 4.98 Å². The highest BCUT2D eigenvalue weighted by atomic mass is 15.2. The second kappa shape index (κ2) is 6.93.